The maximum atomic E-state index is 11.7. The van der Waals surface area contributed by atoms with Gasteiger partial charge in [-0.25, -0.2) is 0 Å². The Morgan fingerprint density at radius 1 is 1.33 bits per heavy atom. The van der Waals surface area contributed by atoms with E-state index in [-0.39, 0.29) is 11.3 Å². The molecule has 0 heterocycles. The molecule has 2 bridgehead atoms. The summed E-state index contributed by atoms with van der Waals surface area (Å²) >= 11 is 0. The number of rotatable bonds is 2. The predicted molar refractivity (Wildman–Crippen MR) is 72.3 cm³/mol. The lowest BCUT2D eigenvalue weighted by Crippen LogP contribution is -2.37. The van der Waals surface area contributed by atoms with Gasteiger partial charge in [-0.2, -0.15) is 0 Å². The fourth-order valence-corrected chi connectivity index (χ4v) is 3.37. The molecule has 2 unspecified atom stereocenters. The van der Waals surface area contributed by atoms with Crippen LogP contribution in [0.15, 0.2) is 35.9 Å². The van der Waals surface area contributed by atoms with Crippen LogP contribution in [0.1, 0.15) is 31.2 Å². The third kappa shape index (κ3) is 1.96. The Labute approximate surface area is 108 Å². The lowest BCUT2D eigenvalue weighted by molar-refractivity contribution is -0.125. The van der Waals surface area contributed by atoms with Crippen molar-refractivity contribution < 1.29 is 4.79 Å². The highest BCUT2D eigenvalue weighted by atomic mass is 16.1. The molecule has 0 saturated heterocycles. The molecule has 2 N–H and O–H groups in total. The summed E-state index contributed by atoms with van der Waals surface area (Å²) in [4.78, 5) is 11.7. The molecule has 2 nitrogen and oxygen atoms in total. The number of nitrogens with two attached hydrogens (primary N) is 1. The van der Waals surface area contributed by atoms with Gasteiger partial charge in [-0.15, -0.1) is 0 Å². The predicted octanol–water partition coefficient (Wildman–Crippen LogP) is 2.95. The Kier molecular flexibility index (Phi) is 2.73. The molecule has 1 aromatic carbocycles. The Balaban J connectivity index is 1.88. The first-order chi connectivity index (χ1) is 8.68. The van der Waals surface area contributed by atoms with Crippen LogP contribution in [-0.4, -0.2) is 5.91 Å². The second-order valence-corrected chi connectivity index (χ2v) is 5.58. The van der Waals surface area contributed by atoms with Gasteiger partial charge in [0.1, 0.15) is 0 Å². The number of benzene rings is 1. The summed E-state index contributed by atoms with van der Waals surface area (Å²) in [7, 11) is 0. The van der Waals surface area contributed by atoms with Gasteiger partial charge in [0.05, 0.1) is 5.41 Å². The largest absolute Gasteiger partial charge is 0.369 e. The van der Waals surface area contributed by atoms with Gasteiger partial charge in [-0.05, 0) is 43.6 Å². The summed E-state index contributed by atoms with van der Waals surface area (Å²) in [6, 6.07) is 10.3. The lowest BCUT2D eigenvalue weighted by atomic mass is 9.72. The van der Waals surface area contributed by atoms with Gasteiger partial charge in [0.15, 0.2) is 0 Å². The minimum atomic E-state index is -0.358. The molecule has 2 aliphatic rings. The smallest absolute Gasteiger partial charge is 0.224 e. The topological polar surface area (TPSA) is 43.1 Å². The minimum Gasteiger partial charge on any atom is -0.369 e. The molecule has 1 radical (unpaired) electrons. The van der Waals surface area contributed by atoms with Crippen molar-refractivity contribution in [1.29, 1.82) is 0 Å². The van der Waals surface area contributed by atoms with Gasteiger partial charge in [-0.3, -0.25) is 4.79 Å². The molecule has 18 heavy (non-hydrogen) atoms. The Morgan fingerprint density at radius 2 is 2.11 bits per heavy atom. The second kappa shape index (κ2) is 4.27. The van der Waals surface area contributed by atoms with Crippen molar-refractivity contribution in [3.05, 3.63) is 47.9 Å². The van der Waals surface area contributed by atoms with Crippen molar-refractivity contribution in [2.45, 2.75) is 25.7 Å². The average Bonchev–Trinajstić information content (AvgIpc) is 2.68. The second-order valence-electron chi connectivity index (χ2n) is 5.58. The zero-order chi connectivity index (χ0) is 12.6. The van der Waals surface area contributed by atoms with Crippen LogP contribution in [0.3, 0.4) is 0 Å². The normalized spacial score (nSPS) is 32.7. The van der Waals surface area contributed by atoms with Crippen LogP contribution < -0.4 is 5.73 Å². The summed E-state index contributed by atoms with van der Waals surface area (Å²) in [5, 5.41) is 0. The fourth-order valence-electron chi connectivity index (χ4n) is 3.37. The van der Waals surface area contributed by atoms with Gasteiger partial charge in [0, 0.05) is 0 Å². The van der Waals surface area contributed by atoms with Gasteiger partial charge in [-0.1, -0.05) is 42.0 Å². The van der Waals surface area contributed by atoms with Crippen molar-refractivity contribution in [2.24, 2.45) is 17.1 Å². The number of primary amides is 1. The van der Waals surface area contributed by atoms with Crippen molar-refractivity contribution >= 4 is 12.0 Å². The first kappa shape index (κ1) is 11.5. The van der Waals surface area contributed by atoms with E-state index in [1.807, 2.05) is 18.2 Å². The molecule has 0 aliphatic heterocycles. The molecule has 0 aromatic heterocycles. The fraction of sp³-hybridized carbons (Fsp3) is 0.375. The highest BCUT2D eigenvalue weighted by Gasteiger charge is 2.47. The molecule has 2 aliphatic carbocycles. The van der Waals surface area contributed by atoms with E-state index in [2.05, 4.69) is 24.6 Å². The van der Waals surface area contributed by atoms with Crippen LogP contribution in [0.4, 0.5) is 0 Å². The van der Waals surface area contributed by atoms with E-state index in [0.29, 0.717) is 5.92 Å². The Bertz CT molecular complexity index is 491. The molecule has 1 amide bonds. The van der Waals surface area contributed by atoms with Gasteiger partial charge in [0.25, 0.3) is 0 Å². The van der Waals surface area contributed by atoms with E-state index in [0.717, 1.165) is 25.7 Å². The SMILES string of the molecule is NC(=O)C12[CH]C(CC1)CC(=Cc1ccccc1)C2. The molecule has 2 saturated carbocycles. The summed E-state index contributed by atoms with van der Waals surface area (Å²) in [5.41, 5.74) is 7.82. The Hall–Kier alpha value is -1.57. The third-order valence-corrected chi connectivity index (χ3v) is 4.24. The number of carbonyl (C=O) groups excluding carboxylic acids is 1. The van der Waals surface area contributed by atoms with E-state index < -0.39 is 0 Å². The standard InChI is InChI=1S/C16H18NO/c17-15(18)16-7-6-13(10-16)9-14(11-16)8-12-4-2-1-3-5-12/h1-5,8,10,13H,6-7,9,11H2,(H2,17,18). The Morgan fingerprint density at radius 3 is 2.83 bits per heavy atom. The first-order valence-electron chi connectivity index (χ1n) is 6.58. The van der Waals surface area contributed by atoms with E-state index >= 15 is 0 Å². The highest BCUT2D eigenvalue weighted by Crippen LogP contribution is 2.52. The number of hydrogen-bond acceptors (Lipinski definition) is 1. The van der Waals surface area contributed by atoms with Gasteiger partial charge >= 0.3 is 0 Å². The molecule has 2 heteroatoms. The van der Waals surface area contributed by atoms with Crippen LogP contribution >= 0.6 is 0 Å². The lowest BCUT2D eigenvalue weighted by Gasteiger charge is -2.31. The summed E-state index contributed by atoms with van der Waals surface area (Å²) in [6.45, 7) is 0. The number of amides is 1. The summed E-state index contributed by atoms with van der Waals surface area (Å²) in [5.74, 6) is 0.393. The van der Waals surface area contributed by atoms with Crippen molar-refractivity contribution in [2.75, 3.05) is 0 Å². The maximum Gasteiger partial charge on any atom is 0.224 e. The van der Waals surface area contributed by atoms with Gasteiger partial charge in [0.2, 0.25) is 5.91 Å². The zero-order valence-electron chi connectivity index (χ0n) is 10.4. The number of hydrogen-bond donors (Lipinski definition) is 1. The zero-order valence-corrected chi connectivity index (χ0v) is 10.4. The van der Waals surface area contributed by atoms with E-state index in [1.54, 1.807) is 0 Å². The third-order valence-electron chi connectivity index (χ3n) is 4.24. The minimum absolute atomic E-state index is 0.149. The summed E-state index contributed by atoms with van der Waals surface area (Å²) < 4.78 is 0. The molecule has 2 fully saturated rings. The van der Waals surface area contributed by atoms with E-state index in [9.17, 15) is 4.79 Å². The molecule has 1 aromatic rings. The monoisotopic (exact) mass is 240 g/mol. The van der Waals surface area contributed by atoms with E-state index in [4.69, 9.17) is 5.73 Å². The van der Waals surface area contributed by atoms with Crippen LogP contribution in [0.25, 0.3) is 6.08 Å². The van der Waals surface area contributed by atoms with Gasteiger partial charge < -0.3 is 5.73 Å². The maximum absolute atomic E-state index is 11.7. The highest BCUT2D eigenvalue weighted by molar-refractivity contribution is 5.84. The van der Waals surface area contributed by atoms with Crippen LogP contribution in [0, 0.1) is 17.8 Å². The van der Waals surface area contributed by atoms with Crippen LogP contribution in [0.5, 0.6) is 0 Å². The van der Waals surface area contributed by atoms with Crippen LogP contribution in [-0.2, 0) is 4.79 Å². The number of allylic oxidation sites excluding steroid dienone is 1. The molecular formula is C16H18NO. The molecule has 0 spiro atoms. The molecule has 3 rings (SSSR count). The molecule has 2 atom stereocenters. The quantitative estimate of drug-likeness (QED) is 0.848. The van der Waals surface area contributed by atoms with E-state index in [1.165, 1.54) is 11.1 Å². The van der Waals surface area contributed by atoms with Crippen LogP contribution in [0.2, 0.25) is 0 Å². The molecule has 93 valence electrons. The summed E-state index contributed by atoms with van der Waals surface area (Å²) in [6.07, 6.45) is 8.37. The van der Waals surface area contributed by atoms with Crippen molar-refractivity contribution in [3.8, 4) is 0 Å². The molecular weight excluding hydrogens is 222 g/mol. The van der Waals surface area contributed by atoms with Crippen molar-refractivity contribution in [3.63, 3.8) is 0 Å². The average molecular weight is 240 g/mol. The number of carbonyl (C=O) groups is 1. The van der Waals surface area contributed by atoms with Crippen molar-refractivity contribution in [1.82, 2.24) is 0 Å². The first-order valence-corrected chi connectivity index (χ1v) is 6.58. The number of fused-ring (bicyclic) bond motifs is 2.